The van der Waals surface area contributed by atoms with Crippen molar-refractivity contribution < 1.29 is 9.59 Å². The van der Waals surface area contributed by atoms with Gasteiger partial charge < -0.3 is 10.6 Å². The molecule has 2 rings (SSSR count). The van der Waals surface area contributed by atoms with Crippen molar-refractivity contribution in [2.75, 3.05) is 11.9 Å². The summed E-state index contributed by atoms with van der Waals surface area (Å²) in [7, 11) is 0. The molecule has 1 aliphatic rings. The lowest BCUT2D eigenvalue weighted by Crippen LogP contribution is -2.40. The highest BCUT2D eigenvalue weighted by atomic mass is 35.5. The Bertz CT molecular complexity index is 481. The second-order valence-electron chi connectivity index (χ2n) is 4.15. The summed E-state index contributed by atoms with van der Waals surface area (Å²) in [6, 6.07) is 4.89. The number of rotatable bonds is 2. The summed E-state index contributed by atoms with van der Waals surface area (Å²) in [4.78, 5) is 23.0. The highest BCUT2D eigenvalue weighted by Gasteiger charge is 2.24. The zero-order chi connectivity index (χ0) is 13.1. The smallest absolute Gasteiger partial charge is 0.229 e. The number of hydrogen-bond donors (Lipinski definition) is 2. The lowest BCUT2D eigenvalue weighted by atomic mass is 9.98. The third-order valence-corrected chi connectivity index (χ3v) is 3.37. The quantitative estimate of drug-likeness (QED) is 0.877. The Morgan fingerprint density at radius 3 is 2.78 bits per heavy atom. The minimum Gasteiger partial charge on any atom is -0.355 e. The lowest BCUT2D eigenvalue weighted by molar-refractivity contribution is -0.126. The number of carbonyl (C=O) groups is 2. The molecule has 6 heteroatoms. The van der Waals surface area contributed by atoms with Crippen LogP contribution in [-0.2, 0) is 9.59 Å². The predicted octanol–water partition coefficient (Wildman–Crippen LogP) is 2.46. The molecule has 2 amide bonds. The zero-order valence-electron chi connectivity index (χ0n) is 9.50. The molecule has 0 aromatic heterocycles. The number of benzene rings is 1. The van der Waals surface area contributed by atoms with Gasteiger partial charge >= 0.3 is 0 Å². The van der Waals surface area contributed by atoms with Crippen molar-refractivity contribution in [3.05, 3.63) is 28.2 Å². The first-order valence-electron chi connectivity index (χ1n) is 5.59. The molecule has 0 radical (unpaired) electrons. The van der Waals surface area contributed by atoms with Gasteiger partial charge in [0, 0.05) is 18.0 Å². The largest absolute Gasteiger partial charge is 0.355 e. The van der Waals surface area contributed by atoms with E-state index in [9.17, 15) is 9.59 Å². The fourth-order valence-corrected chi connectivity index (χ4v) is 2.24. The monoisotopic (exact) mass is 286 g/mol. The van der Waals surface area contributed by atoms with Crippen LogP contribution in [0.25, 0.3) is 0 Å². The molecule has 0 saturated carbocycles. The topological polar surface area (TPSA) is 58.2 Å². The third-order valence-electron chi connectivity index (χ3n) is 2.83. The average Bonchev–Trinajstić information content (AvgIpc) is 2.33. The Balaban J connectivity index is 2.00. The van der Waals surface area contributed by atoms with Crippen LogP contribution in [0, 0.1) is 5.92 Å². The van der Waals surface area contributed by atoms with Gasteiger partial charge in [-0.1, -0.05) is 23.2 Å². The normalized spacial score (nSPS) is 19.2. The van der Waals surface area contributed by atoms with E-state index in [4.69, 9.17) is 23.2 Å². The summed E-state index contributed by atoms with van der Waals surface area (Å²) in [5.74, 6) is -0.364. The Morgan fingerprint density at radius 1 is 1.39 bits per heavy atom. The standard InChI is InChI=1S/C12H12Cl2N2O2/c13-8-2-3-10(9(14)5-8)16-12(18)7-1-4-11(17)15-6-7/h2-3,5,7H,1,4,6H2,(H,15,17)(H,16,18). The summed E-state index contributed by atoms with van der Waals surface area (Å²) < 4.78 is 0. The van der Waals surface area contributed by atoms with Gasteiger partial charge in [0.15, 0.2) is 0 Å². The van der Waals surface area contributed by atoms with Crippen LogP contribution in [0.1, 0.15) is 12.8 Å². The van der Waals surface area contributed by atoms with Gasteiger partial charge in [0.05, 0.1) is 16.6 Å². The Hall–Kier alpha value is -1.26. The van der Waals surface area contributed by atoms with E-state index < -0.39 is 0 Å². The van der Waals surface area contributed by atoms with Crippen LogP contribution in [0.5, 0.6) is 0 Å². The average molecular weight is 287 g/mol. The molecule has 2 N–H and O–H groups in total. The van der Waals surface area contributed by atoms with Gasteiger partial charge in [0.2, 0.25) is 11.8 Å². The number of nitrogens with one attached hydrogen (secondary N) is 2. The molecule has 0 bridgehead atoms. The first-order valence-corrected chi connectivity index (χ1v) is 6.34. The summed E-state index contributed by atoms with van der Waals surface area (Å²) >= 11 is 11.7. The van der Waals surface area contributed by atoms with Gasteiger partial charge in [-0.25, -0.2) is 0 Å². The third kappa shape index (κ3) is 3.15. The maximum atomic E-state index is 12.0. The molecule has 0 spiro atoms. The van der Waals surface area contributed by atoms with E-state index in [1.165, 1.54) is 0 Å². The van der Waals surface area contributed by atoms with Crippen LogP contribution in [0.15, 0.2) is 18.2 Å². The van der Waals surface area contributed by atoms with Crippen LogP contribution in [0.3, 0.4) is 0 Å². The maximum Gasteiger partial charge on any atom is 0.229 e. The van der Waals surface area contributed by atoms with E-state index >= 15 is 0 Å². The van der Waals surface area contributed by atoms with Crippen molar-refractivity contribution in [1.82, 2.24) is 5.32 Å². The molecule has 96 valence electrons. The number of anilines is 1. The summed E-state index contributed by atoms with van der Waals surface area (Å²) in [6.07, 6.45) is 0.940. The predicted molar refractivity (Wildman–Crippen MR) is 70.8 cm³/mol. The molecule has 1 aliphatic heterocycles. The van der Waals surface area contributed by atoms with Crippen molar-refractivity contribution in [3.63, 3.8) is 0 Å². The van der Waals surface area contributed by atoms with Crippen LogP contribution >= 0.6 is 23.2 Å². The minimum atomic E-state index is -0.213. The molecule has 4 nitrogen and oxygen atoms in total. The van der Waals surface area contributed by atoms with Crippen LogP contribution < -0.4 is 10.6 Å². The maximum absolute atomic E-state index is 12.0. The van der Waals surface area contributed by atoms with E-state index in [0.29, 0.717) is 35.1 Å². The molecule has 1 heterocycles. The van der Waals surface area contributed by atoms with Crippen molar-refractivity contribution >= 4 is 40.7 Å². The molecular weight excluding hydrogens is 275 g/mol. The molecule has 1 aromatic carbocycles. The second-order valence-corrected chi connectivity index (χ2v) is 5.00. The van der Waals surface area contributed by atoms with E-state index in [1.54, 1.807) is 18.2 Å². The summed E-state index contributed by atoms with van der Waals surface area (Å²) in [5.41, 5.74) is 0.531. The highest BCUT2D eigenvalue weighted by molar-refractivity contribution is 6.36. The number of amides is 2. The minimum absolute atomic E-state index is 0.0106. The van der Waals surface area contributed by atoms with E-state index in [-0.39, 0.29) is 17.7 Å². The van der Waals surface area contributed by atoms with E-state index in [1.807, 2.05) is 0 Å². The molecule has 1 aromatic rings. The van der Waals surface area contributed by atoms with Crippen LogP contribution in [0.4, 0.5) is 5.69 Å². The van der Waals surface area contributed by atoms with Gasteiger partial charge in [0.1, 0.15) is 0 Å². The second kappa shape index (κ2) is 5.59. The van der Waals surface area contributed by atoms with Gasteiger partial charge in [-0.05, 0) is 24.6 Å². The molecular formula is C12H12Cl2N2O2. The van der Waals surface area contributed by atoms with E-state index in [2.05, 4.69) is 10.6 Å². The van der Waals surface area contributed by atoms with Gasteiger partial charge in [-0.15, -0.1) is 0 Å². The molecule has 1 fully saturated rings. The van der Waals surface area contributed by atoms with E-state index in [0.717, 1.165) is 0 Å². The Labute approximate surface area is 115 Å². The fraction of sp³-hybridized carbons (Fsp3) is 0.333. The number of hydrogen-bond acceptors (Lipinski definition) is 2. The Kier molecular flexibility index (Phi) is 4.09. The Morgan fingerprint density at radius 2 is 2.17 bits per heavy atom. The first-order chi connectivity index (χ1) is 8.56. The molecule has 1 saturated heterocycles. The lowest BCUT2D eigenvalue weighted by Gasteiger charge is -2.21. The molecule has 1 atom stereocenters. The number of halogens is 2. The zero-order valence-corrected chi connectivity index (χ0v) is 11.0. The summed E-state index contributed by atoms with van der Waals surface area (Å²) in [5, 5.41) is 6.33. The summed E-state index contributed by atoms with van der Waals surface area (Å²) in [6.45, 7) is 0.371. The number of carbonyl (C=O) groups excluding carboxylic acids is 2. The van der Waals surface area contributed by atoms with Crippen LogP contribution in [-0.4, -0.2) is 18.4 Å². The SMILES string of the molecule is O=C1CCC(C(=O)Nc2ccc(Cl)cc2Cl)CN1. The van der Waals surface area contributed by atoms with Gasteiger partial charge in [-0.3, -0.25) is 9.59 Å². The van der Waals surface area contributed by atoms with Gasteiger partial charge in [0.25, 0.3) is 0 Å². The number of piperidine rings is 1. The highest BCUT2D eigenvalue weighted by Crippen LogP contribution is 2.26. The van der Waals surface area contributed by atoms with Crippen molar-refractivity contribution in [2.24, 2.45) is 5.92 Å². The fourth-order valence-electron chi connectivity index (χ4n) is 1.78. The van der Waals surface area contributed by atoms with Crippen molar-refractivity contribution in [3.8, 4) is 0 Å². The van der Waals surface area contributed by atoms with Crippen molar-refractivity contribution in [1.29, 1.82) is 0 Å². The van der Waals surface area contributed by atoms with Crippen molar-refractivity contribution in [2.45, 2.75) is 12.8 Å². The molecule has 0 aliphatic carbocycles. The van der Waals surface area contributed by atoms with Gasteiger partial charge in [-0.2, -0.15) is 0 Å². The molecule has 1 unspecified atom stereocenters. The van der Waals surface area contributed by atoms with Crippen LogP contribution in [0.2, 0.25) is 10.0 Å². The molecule has 18 heavy (non-hydrogen) atoms. The first kappa shape index (κ1) is 13.2.